The summed E-state index contributed by atoms with van der Waals surface area (Å²) in [6, 6.07) is 12.3. The van der Waals surface area contributed by atoms with Crippen LogP contribution in [0.3, 0.4) is 0 Å². The molecule has 2 fully saturated rings. The van der Waals surface area contributed by atoms with Crippen molar-refractivity contribution in [1.82, 2.24) is 0 Å². The van der Waals surface area contributed by atoms with Crippen molar-refractivity contribution in [1.29, 1.82) is 0 Å². The van der Waals surface area contributed by atoms with Crippen LogP contribution in [0.15, 0.2) is 54.6 Å². The molecule has 154 valence electrons. The highest BCUT2D eigenvalue weighted by Gasteiger charge is 2.32. The molecule has 2 aliphatic rings. The average Bonchev–Trinajstić information content (AvgIpc) is 2.77. The molecule has 4 rings (SSSR count). The molecule has 0 amide bonds. The molecule has 0 bridgehead atoms. The zero-order valence-electron chi connectivity index (χ0n) is 16.8. The molecule has 0 aromatic heterocycles. The first-order valence-electron chi connectivity index (χ1n) is 10.6. The normalized spacial score (nSPS) is 28.0. The van der Waals surface area contributed by atoms with Crippen LogP contribution in [0.5, 0.6) is 0 Å². The third-order valence-electron chi connectivity index (χ3n) is 6.21. The monoisotopic (exact) mass is 398 g/mol. The minimum absolute atomic E-state index is 0.0618. The standard InChI is InChI=1S/C25H28F2O2/c1-2-3-17-15-28-25(29-16-17)21-10-8-19(9-11-21)18-4-6-20(7-5-18)22-12-13-23(26)24(27)14-22/h2-7,12-14,17,19,21,25H,8-11,15-16H2,1H3/b3-2+. The number of hydrogen-bond donors (Lipinski definition) is 0. The Morgan fingerprint density at radius 3 is 2.10 bits per heavy atom. The van der Waals surface area contributed by atoms with Crippen LogP contribution < -0.4 is 0 Å². The van der Waals surface area contributed by atoms with Gasteiger partial charge in [0.25, 0.3) is 0 Å². The summed E-state index contributed by atoms with van der Waals surface area (Å²) in [7, 11) is 0. The lowest BCUT2D eigenvalue weighted by Crippen LogP contribution is -2.37. The van der Waals surface area contributed by atoms with Crippen molar-refractivity contribution in [3.63, 3.8) is 0 Å². The van der Waals surface area contributed by atoms with Gasteiger partial charge in [0.1, 0.15) is 0 Å². The van der Waals surface area contributed by atoms with Crippen molar-refractivity contribution in [2.24, 2.45) is 11.8 Å². The molecule has 0 unspecified atom stereocenters. The maximum atomic E-state index is 13.5. The summed E-state index contributed by atoms with van der Waals surface area (Å²) in [5.74, 6) is -0.246. The largest absolute Gasteiger partial charge is 0.352 e. The predicted molar refractivity (Wildman–Crippen MR) is 110 cm³/mol. The first-order valence-corrected chi connectivity index (χ1v) is 10.6. The number of allylic oxidation sites excluding steroid dienone is 1. The van der Waals surface area contributed by atoms with Gasteiger partial charge in [-0.25, -0.2) is 8.78 Å². The van der Waals surface area contributed by atoms with Gasteiger partial charge in [-0.15, -0.1) is 0 Å². The minimum atomic E-state index is -0.814. The van der Waals surface area contributed by atoms with Crippen LogP contribution >= 0.6 is 0 Å². The van der Waals surface area contributed by atoms with E-state index in [2.05, 4.69) is 24.3 Å². The third-order valence-corrected chi connectivity index (χ3v) is 6.21. The fourth-order valence-electron chi connectivity index (χ4n) is 4.54. The Morgan fingerprint density at radius 1 is 0.828 bits per heavy atom. The van der Waals surface area contributed by atoms with Gasteiger partial charge in [-0.3, -0.25) is 0 Å². The predicted octanol–water partition coefficient (Wildman–Crippen LogP) is 6.47. The van der Waals surface area contributed by atoms with E-state index >= 15 is 0 Å². The van der Waals surface area contributed by atoms with Crippen LogP contribution in [-0.4, -0.2) is 19.5 Å². The van der Waals surface area contributed by atoms with Crippen LogP contribution in [-0.2, 0) is 9.47 Å². The van der Waals surface area contributed by atoms with Crippen LogP contribution in [0.4, 0.5) is 8.78 Å². The van der Waals surface area contributed by atoms with Crippen LogP contribution in [0.25, 0.3) is 11.1 Å². The zero-order chi connectivity index (χ0) is 20.2. The van der Waals surface area contributed by atoms with Gasteiger partial charge in [0.05, 0.1) is 13.2 Å². The minimum Gasteiger partial charge on any atom is -0.352 e. The fraction of sp³-hybridized carbons (Fsp3) is 0.440. The molecule has 0 atom stereocenters. The van der Waals surface area contributed by atoms with Gasteiger partial charge in [-0.05, 0) is 67.3 Å². The molecular weight excluding hydrogens is 370 g/mol. The van der Waals surface area contributed by atoms with Gasteiger partial charge in [0.15, 0.2) is 17.9 Å². The highest BCUT2D eigenvalue weighted by molar-refractivity contribution is 5.63. The molecule has 1 aliphatic carbocycles. The van der Waals surface area contributed by atoms with E-state index in [1.165, 1.54) is 17.7 Å². The van der Waals surface area contributed by atoms with E-state index in [-0.39, 0.29) is 6.29 Å². The lowest BCUT2D eigenvalue weighted by atomic mass is 9.78. The zero-order valence-corrected chi connectivity index (χ0v) is 16.8. The van der Waals surface area contributed by atoms with Crippen LogP contribution in [0.1, 0.15) is 44.1 Å². The Labute approximate surface area is 171 Å². The van der Waals surface area contributed by atoms with Gasteiger partial charge in [0.2, 0.25) is 0 Å². The van der Waals surface area contributed by atoms with Crippen molar-refractivity contribution in [3.05, 3.63) is 71.8 Å². The number of hydrogen-bond acceptors (Lipinski definition) is 2. The quantitative estimate of drug-likeness (QED) is 0.550. The van der Waals surface area contributed by atoms with Crippen molar-refractivity contribution < 1.29 is 18.3 Å². The molecule has 29 heavy (non-hydrogen) atoms. The molecule has 2 nitrogen and oxygen atoms in total. The van der Waals surface area contributed by atoms with E-state index in [4.69, 9.17) is 9.47 Å². The second-order valence-corrected chi connectivity index (χ2v) is 8.18. The molecule has 2 aromatic carbocycles. The topological polar surface area (TPSA) is 18.5 Å². The Kier molecular flexibility index (Phi) is 6.41. The first-order chi connectivity index (χ1) is 14.1. The summed E-state index contributed by atoms with van der Waals surface area (Å²) in [4.78, 5) is 0. The van der Waals surface area contributed by atoms with Gasteiger partial charge >= 0.3 is 0 Å². The molecule has 2 aromatic rings. The number of benzene rings is 2. The number of ether oxygens (including phenoxy) is 2. The summed E-state index contributed by atoms with van der Waals surface area (Å²) >= 11 is 0. The van der Waals surface area contributed by atoms with E-state index < -0.39 is 11.6 Å². The third kappa shape index (κ3) is 4.76. The van der Waals surface area contributed by atoms with Gasteiger partial charge in [-0.2, -0.15) is 0 Å². The number of rotatable bonds is 4. The fourth-order valence-corrected chi connectivity index (χ4v) is 4.54. The van der Waals surface area contributed by atoms with Gasteiger partial charge in [0, 0.05) is 11.8 Å². The molecule has 4 heteroatoms. The molecule has 1 aliphatic heterocycles. The Morgan fingerprint density at radius 2 is 1.48 bits per heavy atom. The van der Waals surface area contributed by atoms with Crippen LogP contribution in [0.2, 0.25) is 0 Å². The van der Waals surface area contributed by atoms with Gasteiger partial charge < -0.3 is 9.47 Å². The molecule has 0 spiro atoms. The molecule has 0 N–H and O–H groups in total. The van der Waals surface area contributed by atoms with Crippen LogP contribution in [0, 0.1) is 23.5 Å². The van der Waals surface area contributed by atoms with Crippen molar-refractivity contribution in [3.8, 4) is 11.1 Å². The van der Waals surface area contributed by atoms with Crippen molar-refractivity contribution >= 4 is 0 Å². The maximum Gasteiger partial charge on any atom is 0.160 e. The summed E-state index contributed by atoms with van der Waals surface area (Å²) in [6.45, 7) is 3.53. The average molecular weight is 398 g/mol. The second-order valence-electron chi connectivity index (χ2n) is 8.18. The SMILES string of the molecule is C/C=C/C1COC(C2CCC(c3ccc(-c4ccc(F)c(F)c4)cc3)CC2)OC1. The summed E-state index contributed by atoms with van der Waals surface area (Å²) in [6.07, 6.45) is 8.60. The summed E-state index contributed by atoms with van der Waals surface area (Å²) < 4.78 is 38.6. The highest BCUT2D eigenvalue weighted by Crippen LogP contribution is 2.39. The molecule has 1 saturated carbocycles. The first kappa shape index (κ1) is 20.2. The lowest BCUT2D eigenvalue weighted by molar-refractivity contribution is -0.222. The van der Waals surface area contributed by atoms with Crippen molar-refractivity contribution in [2.45, 2.75) is 44.8 Å². The summed E-state index contributed by atoms with van der Waals surface area (Å²) in [5.41, 5.74) is 2.91. The molecule has 1 heterocycles. The molecule has 0 radical (unpaired) electrons. The molecular formula is C25H28F2O2. The Hall–Kier alpha value is -2.04. The highest BCUT2D eigenvalue weighted by atomic mass is 19.2. The smallest absolute Gasteiger partial charge is 0.160 e. The number of halogens is 2. The lowest BCUT2D eigenvalue weighted by Gasteiger charge is -2.37. The Bertz CT molecular complexity index is 830. The maximum absolute atomic E-state index is 13.5. The van der Waals surface area contributed by atoms with E-state index in [1.54, 1.807) is 6.07 Å². The van der Waals surface area contributed by atoms with Gasteiger partial charge in [-0.1, -0.05) is 42.5 Å². The van der Waals surface area contributed by atoms with E-state index in [0.29, 0.717) is 23.3 Å². The second kappa shape index (κ2) is 9.19. The van der Waals surface area contributed by atoms with E-state index in [0.717, 1.165) is 44.5 Å². The van der Waals surface area contributed by atoms with E-state index in [1.807, 2.05) is 19.1 Å². The molecule has 1 saturated heterocycles. The Balaban J connectivity index is 1.32. The summed E-state index contributed by atoms with van der Waals surface area (Å²) in [5, 5.41) is 0. The van der Waals surface area contributed by atoms with E-state index in [9.17, 15) is 8.78 Å². The van der Waals surface area contributed by atoms with Crippen molar-refractivity contribution in [2.75, 3.05) is 13.2 Å².